The van der Waals surface area contributed by atoms with Crippen LogP contribution < -0.4 is 11.1 Å². The molecular weight excluding hydrogens is 242 g/mol. The van der Waals surface area contributed by atoms with Crippen LogP contribution in [0.3, 0.4) is 0 Å². The van der Waals surface area contributed by atoms with E-state index in [1.165, 1.54) is 6.07 Å². The summed E-state index contributed by atoms with van der Waals surface area (Å²) < 4.78 is 0. The molecule has 92 valence electrons. The van der Waals surface area contributed by atoms with E-state index in [-0.39, 0.29) is 23.5 Å². The predicted octanol–water partition coefficient (Wildman–Crippen LogP) is 1.04. The first-order valence-electron chi connectivity index (χ1n) is 5.12. The maximum absolute atomic E-state index is 11.8. The second kappa shape index (κ2) is 5.63. The fraction of sp³-hybridized carbons (Fsp3) is 0.364. The molecule has 5 nitrogen and oxygen atoms in total. The van der Waals surface area contributed by atoms with Gasteiger partial charge < -0.3 is 11.1 Å². The maximum Gasteiger partial charge on any atom is 0.251 e. The Hall–Kier alpha value is -1.62. The number of carbonyl (C=O) groups excluding carboxylic acids is 2. The summed E-state index contributed by atoms with van der Waals surface area (Å²) in [7, 11) is 0. The first-order valence-corrected chi connectivity index (χ1v) is 5.49. The molecule has 0 bridgehead atoms. The molecule has 0 fully saturated rings. The van der Waals surface area contributed by atoms with Crippen molar-refractivity contribution in [3.8, 4) is 0 Å². The Bertz CT molecular complexity index is 428. The number of halogens is 1. The van der Waals surface area contributed by atoms with Crippen molar-refractivity contribution >= 4 is 23.4 Å². The van der Waals surface area contributed by atoms with E-state index in [0.717, 1.165) is 0 Å². The van der Waals surface area contributed by atoms with Crippen LogP contribution in [0.2, 0.25) is 5.15 Å². The highest BCUT2D eigenvalue weighted by molar-refractivity contribution is 6.29. The molecule has 17 heavy (non-hydrogen) atoms. The lowest BCUT2D eigenvalue weighted by Crippen LogP contribution is -2.35. The zero-order chi connectivity index (χ0) is 13.0. The number of hydrogen-bond acceptors (Lipinski definition) is 3. The lowest BCUT2D eigenvalue weighted by Gasteiger charge is -2.12. The fourth-order valence-electron chi connectivity index (χ4n) is 1.42. The van der Waals surface area contributed by atoms with Gasteiger partial charge in [-0.25, -0.2) is 4.98 Å². The lowest BCUT2D eigenvalue weighted by atomic mass is 10.2. The molecule has 0 saturated heterocycles. The van der Waals surface area contributed by atoms with Crippen molar-refractivity contribution in [2.45, 2.75) is 26.3 Å². The van der Waals surface area contributed by atoms with Gasteiger partial charge in [-0.1, -0.05) is 11.6 Å². The minimum Gasteiger partial charge on any atom is -0.370 e. The van der Waals surface area contributed by atoms with Gasteiger partial charge in [-0.2, -0.15) is 0 Å². The largest absolute Gasteiger partial charge is 0.370 e. The van der Waals surface area contributed by atoms with Crippen LogP contribution in [0.4, 0.5) is 0 Å². The molecule has 3 N–H and O–H groups in total. The molecule has 0 radical (unpaired) electrons. The molecule has 1 rings (SSSR count). The van der Waals surface area contributed by atoms with E-state index in [0.29, 0.717) is 11.3 Å². The molecule has 1 heterocycles. The fourth-order valence-corrected chi connectivity index (χ4v) is 1.67. The first kappa shape index (κ1) is 13.4. The van der Waals surface area contributed by atoms with Crippen molar-refractivity contribution in [3.05, 3.63) is 28.5 Å². The maximum atomic E-state index is 11.8. The van der Waals surface area contributed by atoms with Gasteiger partial charge in [0.05, 0.1) is 0 Å². The summed E-state index contributed by atoms with van der Waals surface area (Å²) >= 11 is 5.75. The van der Waals surface area contributed by atoms with Crippen LogP contribution in [-0.4, -0.2) is 22.8 Å². The zero-order valence-corrected chi connectivity index (χ0v) is 10.4. The number of nitrogens with zero attached hydrogens (tertiary/aromatic N) is 1. The van der Waals surface area contributed by atoms with Crippen molar-refractivity contribution < 1.29 is 9.59 Å². The Labute approximate surface area is 104 Å². The predicted molar refractivity (Wildman–Crippen MR) is 64.7 cm³/mol. The standard InChI is InChI=1S/C11H14ClN3O2/c1-6-3-8(5-9(12)14-6)11(17)15-7(2)4-10(13)16/h3,5,7H,4H2,1-2H3,(H2,13,16)(H,15,17). The Morgan fingerprint density at radius 3 is 2.71 bits per heavy atom. The Kier molecular flexibility index (Phi) is 4.45. The molecule has 6 heteroatoms. The summed E-state index contributed by atoms with van der Waals surface area (Å²) in [5.41, 5.74) is 6.11. The number of amides is 2. The minimum absolute atomic E-state index is 0.101. The van der Waals surface area contributed by atoms with Gasteiger partial charge in [-0.05, 0) is 26.0 Å². The van der Waals surface area contributed by atoms with E-state index >= 15 is 0 Å². The van der Waals surface area contributed by atoms with Crippen molar-refractivity contribution in [1.82, 2.24) is 10.3 Å². The minimum atomic E-state index is -0.457. The molecule has 1 unspecified atom stereocenters. The molecule has 0 saturated carbocycles. The third kappa shape index (κ3) is 4.40. The lowest BCUT2D eigenvalue weighted by molar-refractivity contribution is -0.118. The number of aryl methyl sites for hydroxylation is 1. The summed E-state index contributed by atoms with van der Waals surface area (Å²) in [6, 6.07) is 2.78. The Balaban J connectivity index is 2.72. The number of primary amides is 1. The van der Waals surface area contributed by atoms with Gasteiger partial charge in [0.1, 0.15) is 5.15 Å². The third-order valence-corrected chi connectivity index (χ3v) is 2.26. The van der Waals surface area contributed by atoms with Crippen molar-refractivity contribution in [3.63, 3.8) is 0 Å². The average molecular weight is 256 g/mol. The van der Waals surface area contributed by atoms with Gasteiger partial charge in [0, 0.05) is 23.7 Å². The number of nitrogens with one attached hydrogen (secondary N) is 1. The van der Waals surface area contributed by atoms with Crippen LogP contribution in [0.1, 0.15) is 29.4 Å². The van der Waals surface area contributed by atoms with E-state index in [9.17, 15) is 9.59 Å². The quantitative estimate of drug-likeness (QED) is 0.789. The molecule has 0 spiro atoms. The molecule has 0 aromatic carbocycles. The topological polar surface area (TPSA) is 85.1 Å². The molecular formula is C11H14ClN3O2. The van der Waals surface area contributed by atoms with Crippen molar-refractivity contribution in [2.24, 2.45) is 5.73 Å². The van der Waals surface area contributed by atoms with Crippen LogP contribution in [0.15, 0.2) is 12.1 Å². The van der Waals surface area contributed by atoms with E-state index in [4.69, 9.17) is 17.3 Å². The van der Waals surface area contributed by atoms with Gasteiger partial charge in [0.15, 0.2) is 0 Å². The molecule has 1 aromatic heterocycles. The highest BCUT2D eigenvalue weighted by Gasteiger charge is 2.12. The second-order valence-corrected chi connectivity index (χ2v) is 4.25. The van der Waals surface area contributed by atoms with Gasteiger partial charge >= 0.3 is 0 Å². The molecule has 0 aliphatic rings. The molecule has 0 aliphatic carbocycles. The summed E-state index contributed by atoms with van der Waals surface area (Å²) in [4.78, 5) is 26.4. The van der Waals surface area contributed by atoms with E-state index in [2.05, 4.69) is 10.3 Å². The molecule has 2 amide bonds. The normalized spacial score (nSPS) is 11.9. The smallest absolute Gasteiger partial charge is 0.251 e. The molecule has 1 aromatic rings. The van der Waals surface area contributed by atoms with Crippen molar-refractivity contribution in [2.75, 3.05) is 0 Å². The second-order valence-electron chi connectivity index (χ2n) is 3.86. The van der Waals surface area contributed by atoms with Crippen LogP contribution in [-0.2, 0) is 4.79 Å². The summed E-state index contributed by atoms with van der Waals surface area (Å²) in [5, 5.41) is 2.92. The number of aromatic nitrogens is 1. The third-order valence-electron chi connectivity index (χ3n) is 2.07. The van der Waals surface area contributed by atoms with Crippen LogP contribution in [0, 0.1) is 6.92 Å². The van der Waals surface area contributed by atoms with Crippen LogP contribution in [0.25, 0.3) is 0 Å². The van der Waals surface area contributed by atoms with E-state index < -0.39 is 5.91 Å². The van der Waals surface area contributed by atoms with Crippen LogP contribution >= 0.6 is 11.6 Å². The summed E-state index contributed by atoms with van der Waals surface area (Å²) in [6.45, 7) is 3.45. The van der Waals surface area contributed by atoms with Gasteiger partial charge in [-0.15, -0.1) is 0 Å². The SMILES string of the molecule is Cc1cc(C(=O)NC(C)CC(N)=O)cc(Cl)n1. The first-order chi connectivity index (χ1) is 7.88. The molecule has 0 aliphatic heterocycles. The van der Waals surface area contributed by atoms with Crippen LogP contribution in [0.5, 0.6) is 0 Å². The van der Waals surface area contributed by atoms with Gasteiger partial charge in [0.25, 0.3) is 5.91 Å². The number of pyridine rings is 1. The molecule has 1 atom stereocenters. The van der Waals surface area contributed by atoms with E-state index in [1.54, 1.807) is 19.9 Å². The number of carbonyl (C=O) groups is 2. The monoisotopic (exact) mass is 255 g/mol. The zero-order valence-electron chi connectivity index (χ0n) is 9.66. The number of hydrogen-bond donors (Lipinski definition) is 2. The number of nitrogens with two attached hydrogens (primary N) is 1. The van der Waals surface area contributed by atoms with Gasteiger partial charge in [0.2, 0.25) is 5.91 Å². The highest BCUT2D eigenvalue weighted by atomic mass is 35.5. The van der Waals surface area contributed by atoms with Gasteiger partial charge in [-0.3, -0.25) is 9.59 Å². The van der Waals surface area contributed by atoms with Crippen molar-refractivity contribution in [1.29, 1.82) is 0 Å². The Morgan fingerprint density at radius 1 is 1.53 bits per heavy atom. The Morgan fingerprint density at radius 2 is 2.18 bits per heavy atom. The summed E-state index contributed by atoms with van der Waals surface area (Å²) in [6.07, 6.45) is 0.101. The summed E-state index contributed by atoms with van der Waals surface area (Å²) in [5.74, 6) is -0.757. The average Bonchev–Trinajstić information content (AvgIpc) is 2.14. The number of rotatable bonds is 4. The highest BCUT2D eigenvalue weighted by Crippen LogP contribution is 2.10. The van der Waals surface area contributed by atoms with E-state index in [1.807, 2.05) is 0 Å².